The zero-order valence-corrected chi connectivity index (χ0v) is 16.7. The largest absolute Gasteiger partial charge is 0.383 e. The van der Waals surface area contributed by atoms with Crippen molar-refractivity contribution in [2.24, 2.45) is 11.8 Å². The number of rotatable bonds is 8. The van der Waals surface area contributed by atoms with Crippen molar-refractivity contribution in [3.05, 3.63) is 35.6 Å². The lowest BCUT2D eigenvalue weighted by atomic mass is 9.88. The Bertz CT molecular complexity index is 728. The number of nitrogens with one attached hydrogen (secondary N) is 2. The molecule has 8 heteroatoms. The average Bonchev–Trinajstić information content (AvgIpc) is 3.58. The number of hydrogen-bond donors (Lipinski definition) is 2. The molecule has 29 heavy (non-hydrogen) atoms. The standard InChI is InChI=1S/C21H28FN3O4/c1-29-13-10-23-20(27)18(24-19(26)15-2-3-15)14-8-11-25(12-9-14)21(28)16-4-6-17(22)7-5-16/h4-7,14-15,18H,2-3,8-13H2,1H3,(H,23,27)(H,24,26)/t18-/m0/s1. The van der Waals surface area contributed by atoms with Gasteiger partial charge in [-0.1, -0.05) is 0 Å². The first-order valence-electron chi connectivity index (χ1n) is 10.1. The molecule has 0 radical (unpaired) electrons. The molecule has 1 saturated carbocycles. The van der Waals surface area contributed by atoms with Gasteiger partial charge < -0.3 is 20.3 Å². The Kier molecular flexibility index (Phi) is 7.19. The fourth-order valence-corrected chi connectivity index (χ4v) is 3.61. The van der Waals surface area contributed by atoms with Crippen molar-refractivity contribution in [3.8, 4) is 0 Å². The SMILES string of the molecule is COCCNC(=O)[C@@H](NC(=O)C1CC1)C1CCN(C(=O)c2ccc(F)cc2)CC1. The van der Waals surface area contributed by atoms with Crippen molar-refractivity contribution in [2.45, 2.75) is 31.7 Å². The predicted molar refractivity (Wildman–Crippen MR) is 105 cm³/mol. The van der Waals surface area contributed by atoms with Crippen molar-refractivity contribution in [1.29, 1.82) is 0 Å². The number of halogens is 1. The van der Waals surface area contributed by atoms with Gasteiger partial charge in [0, 0.05) is 38.2 Å². The molecule has 3 rings (SSSR count). The minimum atomic E-state index is -0.608. The first kappa shape index (κ1) is 21.2. The number of carbonyl (C=O) groups excluding carboxylic acids is 3. The average molecular weight is 405 g/mol. The summed E-state index contributed by atoms with van der Waals surface area (Å²) < 4.78 is 18.0. The van der Waals surface area contributed by atoms with Crippen LogP contribution in [0.25, 0.3) is 0 Å². The fourth-order valence-electron chi connectivity index (χ4n) is 3.61. The van der Waals surface area contributed by atoms with Gasteiger partial charge in [0.25, 0.3) is 5.91 Å². The smallest absolute Gasteiger partial charge is 0.253 e. The van der Waals surface area contributed by atoms with Crippen molar-refractivity contribution < 1.29 is 23.5 Å². The van der Waals surface area contributed by atoms with Crippen molar-refractivity contribution in [3.63, 3.8) is 0 Å². The molecule has 0 spiro atoms. The monoisotopic (exact) mass is 405 g/mol. The maximum atomic E-state index is 13.1. The van der Waals surface area contributed by atoms with Gasteiger partial charge >= 0.3 is 0 Å². The van der Waals surface area contributed by atoms with Crippen LogP contribution in [0.1, 0.15) is 36.0 Å². The molecule has 158 valence electrons. The van der Waals surface area contributed by atoms with Crippen LogP contribution in [0, 0.1) is 17.7 Å². The molecule has 0 unspecified atom stereocenters. The van der Waals surface area contributed by atoms with Crippen LogP contribution >= 0.6 is 0 Å². The topological polar surface area (TPSA) is 87.7 Å². The first-order chi connectivity index (χ1) is 14.0. The first-order valence-corrected chi connectivity index (χ1v) is 10.1. The highest BCUT2D eigenvalue weighted by molar-refractivity contribution is 5.94. The lowest BCUT2D eigenvalue weighted by Gasteiger charge is -2.36. The van der Waals surface area contributed by atoms with E-state index in [1.54, 1.807) is 12.0 Å². The lowest BCUT2D eigenvalue weighted by molar-refractivity contribution is -0.131. The minimum Gasteiger partial charge on any atom is -0.383 e. The van der Waals surface area contributed by atoms with E-state index < -0.39 is 6.04 Å². The normalized spacial score (nSPS) is 18.2. The van der Waals surface area contributed by atoms with Gasteiger partial charge in [-0.05, 0) is 55.9 Å². The van der Waals surface area contributed by atoms with Crippen LogP contribution in [-0.4, -0.2) is 62.0 Å². The van der Waals surface area contributed by atoms with Gasteiger partial charge in [-0.15, -0.1) is 0 Å². The molecular weight excluding hydrogens is 377 g/mol. The van der Waals surface area contributed by atoms with Crippen LogP contribution in [-0.2, 0) is 14.3 Å². The number of hydrogen-bond acceptors (Lipinski definition) is 4. The molecule has 2 fully saturated rings. The number of piperidine rings is 1. The van der Waals surface area contributed by atoms with Gasteiger partial charge in [0.05, 0.1) is 6.61 Å². The summed E-state index contributed by atoms with van der Waals surface area (Å²) in [7, 11) is 1.56. The Morgan fingerprint density at radius 2 is 1.79 bits per heavy atom. The van der Waals surface area contributed by atoms with Gasteiger partial charge in [-0.2, -0.15) is 0 Å². The summed E-state index contributed by atoms with van der Waals surface area (Å²) in [5, 5.41) is 5.74. The molecule has 0 aromatic heterocycles. The van der Waals surface area contributed by atoms with Gasteiger partial charge in [0.2, 0.25) is 11.8 Å². The van der Waals surface area contributed by atoms with E-state index in [0.29, 0.717) is 44.6 Å². The number of likely N-dealkylation sites (tertiary alicyclic amines) is 1. The summed E-state index contributed by atoms with van der Waals surface area (Å²) in [6, 6.07) is 4.89. The molecular formula is C21H28FN3O4. The van der Waals surface area contributed by atoms with Gasteiger partial charge in [0.1, 0.15) is 11.9 Å². The van der Waals surface area contributed by atoms with E-state index in [4.69, 9.17) is 4.74 Å². The summed E-state index contributed by atoms with van der Waals surface area (Å²) in [5.74, 6) is -0.830. The van der Waals surface area contributed by atoms with Crippen LogP contribution in [0.4, 0.5) is 4.39 Å². The van der Waals surface area contributed by atoms with E-state index in [2.05, 4.69) is 10.6 Å². The molecule has 1 atom stereocenters. The van der Waals surface area contributed by atoms with Crippen LogP contribution in [0.3, 0.4) is 0 Å². The van der Waals surface area contributed by atoms with E-state index in [1.165, 1.54) is 24.3 Å². The Morgan fingerprint density at radius 3 is 2.38 bits per heavy atom. The maximum Gasteiger partial charge on any atom is 0.253 e. The second-order valence-electron chi connectivity index (χ2n) is 7.68. The third-order valence-electron chi connectivity index (χ3n) is 5.52. The summed E-state index contributed by atoms with van der Waals surface area (Å²) >= 11 is 0. The Morgan fingerprint density at radius 1 is 1.14 bits per heavy atom. The molecule has 1 aromatic rings. The van der Waals surface area contributed by atoms with E-state index in [-0.39, 0.29) is 35.4 Å². The third-order valence-corrected chi connectivity index (χ3v) is 5.52. The quantitative estimate of drug-likeness (QED) is 0.639. The molecule has 1 aromatic carbocycles. The van der Waals surface area contributed by atoms with E-state index in [9.17, 15) is 18.8 Å². The molecule has 0 bridgehead atoms. The zero-order chi connectivity index (χ0) is 20.8. The molecule has 1 aliphatic heterocycles. The second-order valence-corrected chi connectivity index (χ2v) is 7.68. The molecule has 1 saturated heterocycles. The summed E-state index contributed by atoms with van der Waals surface area (Å²) in [5.41, 5.74) is 0.445. The molecule has 2 aliphatic rings. The van der Waals surface area contributed by atoms with E-state index in [1.807, 2.05) is 0 Å². The Balaban J connectivity index is 1.59. The van der Waals surface area contributed by atoms with Crippen LogP contribution in [0.5, 0.6) is 0 Å². The van der Waals surface area contributed by atoms with E-state index >= 15 is 0 Å². The Hall–Kier alpha value is -2.48. The minimum absolute atomic E-state index is 0.0180. The predicted octanol–water partition coefficient (Wildman–Crippen LogP) is 1.34. The number of nitrogens with zero attached hydrogens (tertiary/aromatic N) is 1. The van der Waals surface area contributed by atoms with Crippen LogP contribution < -0.4 is 10.6 Å². The zero-order valence-electron chi connectivity index (χ0n) is 16.7. The molecule has 7 nitrogen and oxygen atoms in total. The van der Waals surface area contributed by atoms with Crippen molar-refractivity contribution in [2.75, 3.05) is 33.4 Å². The van der Waals surface area contributed by atoms with Gasteiger partial charge in [-0.3, -0.25) is 14.4 Å². The number of methoxy groups -OCH3 is 1. The number of benzene rings is 1. The molecule has 1 heterocycles. The lowest BCUT2D eigenvalue weighted by Crippen LogP contribution is -2.54. The summed E-state index contributed by atoms with van der Waals surface area (Å²) in [6.07, 6.45) is 2.96. The highest BCUT2D eigenvalue weighted by Gasteiger charge is 2.37. The van der Waals surface area contributed by atoms with Crippen LogP contribution in [0.2, 0.25) is 0 Å². The van der Waals surface area contributed by atoms with Crippen molar-refractivity contribution in [1.82, 2.24) is 15.5 Å². The molecule has 1 aliphatic carbocycles. The van der Waals surface area contributed by atoms with E-state index in [0.717, 1.165) is 12.8 Å². The number of ether oxygens (including phenoxy) is 1. The Labute approximate surface area is 170 Å². The maximum absolute atomic E-state index is 13.1. The third kappa shape index (κ3) is 5.76. The highest BCUT2D eigenvalue weighted by atomic mass is 19.1. The van der Waals surface area contributed by atoms with Gasteiger partial charge in [-0.25, -0.2) is 4.39 Å². The van der Waals surface area contributed by atoms with Gasteiger partial charge in [0.15, 0.2) is 0 Å². The fraction of sp³-hybridized carbons (Fsp3) is 0.571. The van der Waals surface area contributed by atoms with Crippen molar-refractivity contribution >= 4 is 17.7 Å². The second kappa shape index (κ2) is 9.82. The number of carbonyl (C=O) groups is 3. The molecule has 2 N–H and O–H groups in total. The summed E-state index contributed by atoms with van der Waals surface area (Å²) in [4.78, 5) is 39.3. The van der Waals surface area contributed by atoms with Crippen LogP contribution in [0.15, 0.2) is 24.3 Å². The summed E-state index contributed by atoms with van der Waals surface area (Å²) in [6.45, 7) is 1.76. The molecule has 3 amide bonds. The number of amides is 3. The highest BCUT2D eigenvalue weighted by Crippen LogP contribution is 2.30.